The number of thiophene rings is 1. The summed E-state index contributed by atoms with van der Waals surface area (Å²) in [6.07, 6.45) is 0. The van der Waals surface area contributed by atoms with Crippen molar-refractivity contribution in [2.75, 3.05) is 5.32 Å². The van der Waals surface area contributed by atoms with Gasteiger partial charge < -0.3 is 10.4 Å². The number of anilines is 1. The minimum absolute atomic E-state index is 0.349. The van der Waals surface area contributed by atoms with Crippen LogP contribution >= 0.6 is 11.3 Å². The van der Waals surface area contributed by atoms with Crippen LogP contribution in [0.15, 0.2) is 30.3 Å². The molecule has 1 aromatic heterocycles. The molecule has 0 unspecified atom stereocenters. The standard InChI is InChI=1S/C14H15NO2S/c1-9-6-7-11(18-9)8-15-13-5-3-4-12(10(13)2)14(16)17/h3-7,15H,8H2,1-2H3,(H,16,17). The van der Waals surface area contributed by atoms with Crippen molar-refractivity contribution in [3.8, 4) is 0 Å². The molecule has 0 fully saturated rings. The van der Waals surface area contributed by atoms with Crippen molar-refractivity contribution in [2.24, 2.45) is 0 Å². The summed E-state index contributed by atoms with van der Waals surface area (Å²) >= 11 is 1.74. The van der Waals surface area contributed by atoms with E-state index in [1.165, 1.54) is 9.75 Å². The molecule has 0 bridgehead atoms. The zero-order valence-electron chi connectivity index (χ0n) is 10.4. The molecule has 1 aromatic carbocycles. The molecular formula is C14H15NO2S. The summed E-state index contributed by atoms with van der Waals surface area (Å²) in [6, 6.07) is 9.46. The first kappa shape index (κ1) is 12.6. The maximum absolute atomic E-state index is 11.0. The van der Waals surface area contributed by atoms with Crippen molar-refractivity contribution in [1.29, 1.82) is 0 Å². The van der Waals surface area contributed by atoms with Crippen molar-refractivity contribution in [3.63, 3.8) is 0 Å². The first-order valence-electron chi connectivity index (χ1n) is 5.70. The Kier molecular flexibility index (Phi) is 3.67. The minimum atomic E-state index is -0.886. The topological polar surface area (TPSA) is 49.3 Å². The maximum atomic E-state index is 11.0. The van der Waals surface area contributed by atoms with Crippen molar-refractivity contribution in [2.45, 2.75) is 20.4 Å². The van der Waals surface area contributed by atoms with Gasteiger partial charge in [-0.05, 0) is 43.7 Å². The van der Waals surface area contributed by atoms with Crippen LogP contribution in [0.4, 0.5) is 5.69 Å². The highest BCUT2D eigenvalue weighted by Gasteiger charge is 2.09. The zero-order valence-corrected chi connectivity index (χ0v) is 11.2. The molecular weight excluding hydrogens is 246 g/mol. The van der Waals surface area contributed by atoms with Crippen LogP contribution in [-0.2, 0) is 6.54 Å². The Hall–Kier alpha value is -1.81. The summed E-state index contributed by atoms with van der Waals surface area (Å²) in [5.41, 5.74) is 2.00. The van der Waals surface area contributed by atoms with Crippen molar-refractivity contribution in [1.82, 2.24) is 0 Å². The third-order valence-corrected chi connectivity index (χ3v) is 3.81. The van der Waals surface area contributed by atoms with Gasteiger partial charge in [0.2, 0.25) is 0 Å². The summed E-state index contributed by atoms with van der Waals surface area (Å²) in [4.78, 5) is 13.5. The third-order valence-electron chi connectivity index (χ3n) is 2.81. The van der Waals surface area contributed by atoms with Crippen LogP contribution in [0.3, 0.4) is 0 Å². The highest BCUT2D eigenvalue weighted by atomic mass is 32.1. The Bertz CT molecular complexity index is 575. The molecule has 0 aliphatic heterocycles. The van der Waals surface area contributed by atoms with E-state index in [2.05, 4.69) is 24.4 Å². The predicted molar refractivity (Wildman–Crippen MR) is 74.5 cm³/mol. The molecule has 2 aromatic rings. The van der Waals surface area contributed by atoms with E-state index in [4.69, 9.17) is 5.11 Å². The second-order valence-electron chi connectivity index (χ2n) is 4.15. The summed E-state index contributed by atoms with van der Waals surface area (Å²) in [5.74, 6) is -0.886. The Morgan fingerprint density at radius 1 is 1.28 bits per heavy atom. The number of carboxylic acids is 1. The fourth-order valence-corrected chi connectivity index (χ4v) is 2.65. The largest absolute Gasteiger partial charge is 0.478 e. The van der Waals surface area contributed by atoms with Crippen LogP contribution in [0.2, 0.25) is 0 Å². The lowest BCUT2D eigenvalue weighted by Crippen LogP contribution is -2.05. The Morgan fingerprint density at radius 3 is 2.67 bits per heavy atom. The first-order valence-corrected chi connectivity index (χ1v) is 6.51. The van der Waals surface area contributed by atoms with Crippen LogP contribution < -0.4 is 5.32 Å². The van der Waals surface area contributed by atoms with Crippen molar-refractivity contribution >= 4 is 23.0 Å². The summed E-state index contributed by atoms with van der Waals surface area (Å²) in [5, 5.41) is 12.3. The molecule has 18 heavy (non-hydrogen) atoms. The van der Waals surface area contributed by atoms with Crippen LogP contribution in [0, 0.1) is 13.8 Å². The van der Waals surface area contributed by atoms with Crippen LogP contribution in [0.5, 0.6) is 0 Å². The molecule has 0 saturated heterocycles. The average Bonchev–Trinajstić information content (AvgIpc) is 2.73. The van der Waals surface area contributed by atoms with E-state index in [0.29, 0.717) is 5.56 Å². The maximum Gasteiger partial charge on any atom is 0.336 e. The lowest BCUT2D eigenvalue weighted by molar-refractivity contribution is 0.0696. The Balaban J connectivity index is 2.14. The summed E-state index contributed by atoms with van der Waals surface area (Å²) in [6.45, 7) is 4.62. The highest BCUT2D eigenvalue weighted by Crippen LogP contribution is 2.21. The summed E-state index contributed by atoms with van der Waals surface area (Å²) in [7, 11) is 0. The lowest BCUT2D eigenvalue weighted by Gasteiger charge is -2.10. The van der Waals surface area contributed by atoms with Crippen molar-refractivity contribution < 1.29 is 9.90 Å². The number of benzene rings is 1. The molecule has 94 valence electrons. The van der Waals surface area contributed by atoms with Crippen molar-refractivity contribution in [3.05, 3.63) is 51.2 Å². The van der Waals surface area contributed by atoms with Gasteiger partial charge in [-0.25, -0.2) is 4.79 Å². The van der Waals surface area contributed by atoms with Crippen LogP contribution in [0.1, 0.15) is 25.7 Å². The molecule has 3 nitrogen and oxygen atoms in total. The number of aromatic carboxylic acids is 1. The molecule has 0 radical (unpaired) electrons. The number of aryl methyl sites for hydroxylation is 1. The average molecular weight is 261 g/mol. The van der Waals surface area contributed by atoms with Gasteiger partial charge in [-0.3, -0.25) is 0 Å². The molecule has 0 aliphatic rings. The van der Waals surface area contributed by atoms with Gasteiger partial charge in [-0.1, -0.05) is 6.07 Å². The molecule has 0 aliphatic carbocycles. The quantitative estimate of drug-likeness (QED) is 0.882. The second kappa shape index (κ2) is 5.23. The zero-order chi connectivity index (χ0) is 13.1. The Labute approximate surface area is 110 Å². The predicted octanol–water partition coefficient (Wildman–Crippen LogP) is 3.68. The van der Waals surface area contributed by atoms with Gasteiger partial charge in [0.1, 0.15) is 0 Å². The van der Waals surface area contributed by atoms with Gasteiger partial charge in [-0.2, -0.15) is 0 Å². The van der Waals surface area contributed by atoms with E-state index in [9.17, 15) is 4.79 Å². The van der Waals surface area contributed by atoms with Gasteiger partial charge >= 0.3 is 5.97 Å². The van der Waals surface area contributed by atoms with Crippen LogP contribution in [-0.4, -0.2) is 11.1 Å². The lowest BCUT2D eigenvalue weighted by atomic mass is 10.1. The number of hydrogen-bond donors (Lipinski definition) is 2. The summed E-state index contributed by atoms with van der Waals surface area (Å²) < 4.78 is 0. The van der Waals surface area contributed by atoms with Gasteiger partial charge in [-0.15, -0.1) is 11.3 Å². The van der Waals surface area contributed by atoms with E-state index in [-0.39, 0.29) is 0 Å². The number of nitrogens with one attached hydrogen (secondary N) is 1. The first-order chi connectivity index (χ1) is 8.58. The fourth-order valence-electron chi connectivity index (χ4n) is 1.82. The van der Waals surface area contributed by atoms with Gasteiger partial charge in [0.05, 0.1) is 5.56 Å². The van der Waals surface area contributed by atoms with Crippen LogP contribution in [0.25, 0.3) is 0 Å². The number of rotatable bonds is 4. The highest BCUT2D eigenvalue weighted by molar-refractivity contribution is 7.11. The molecule has 0 amide bonds. The van der Waals surface area contributed by atoms with Gasteiger partial charge in [0, 0.05) is 22.0 Å². The number of hydrogen-bond acceptors (Lipinski definition) is 3. The van der Waals surface area contributed by atoms with E-state index < -0.39 is 5.97 Å². The van der Waals surface area contributed by atoms with E-state index in [1.807, 2.05) is 13.0 Å². The SMILES string of the molecule is Cc1ccc(CNc2cccc(C(=O)O)c2C)s1. The molecule has 1 heterocycles. The second-order valence-corrected chi connectivity index (χ2v) is 5.52. The smallest absolute Gasteiger partial charge is 0.336 e. The molecule has 2 N–H and O–H groups in total. The molecule has 0 saturated carbocycles. The van der Waals surface area contributed by atoms with E-state index in [0.717, 1.165) is 17.8 Å². The Morgan fingerprint density at radius 2 is 2.06 bits per heavy atom. The van der Waals surface area contributed by atoms with Gasteiger partial charge in [0.25, 0.3) is 0 Å². The fraction of sp³-hybridized carbons (Fsp3) is 0.214. The van der Waals surface area contributed by atoms with Gasteiger partial charge in [0.15, 0.2) is 0 Å². The molecule has 2 rings (SSSR count). The molecule has 0 atom stereocenters. The number of carboxylic acid groups (broad SMARTS) is 1. The minimum Gasteiger partial charge on any atom is -0.478 e. The van der Waals surface area contributed by atoms with E-state index in [1.54, 1.807) is 23.5 Å². The van der Waals surface area contributed by atoms with E-state index >= 15 is 0 Å². The molecule has 0 spiro atoms. The number of carbonyl (C=O) groups is 1. The third kappa shape index (κ3) is 2.71. The normalized spacial score (nSPS) is 10.3. The monoisotopic (exact) mass is 261 g/mol. The molecule has 4 heteroatoms.